The largest absolute Gasteiger partial charge is 0.263 e. The number of para-hydroxylation sites is 1. The molecule has 6 heteroatoms. The van der Waals surface area contributed by atoms with Gasteiger partial charge in [0.05, 0.1) is 5.52 Å². The lowest BCUT2D eigenvalue weighted by molar-refractivity contribution is 0.456. The number of aromatic nitrogens is 2. The predicted molar refractivity (Wildman–Crippen MR) is 96.5 cm³/mol. The van der Waals surface area contributed by atoms with Crippen LogP contribution in [-0.2, 0) is 16.4 Å². The Morgan fingerprint density at radius 1 is 1.08 bits per heavy atom. The summed E-state index contributed by atoms with van der Waals surface area (Å²) in [5.41, 5.74) is 2.22. The Kier molecular flexibility index (Phi) is 4.23. The molecule has 0 bridgehead atoms. The van der Waals surface area contributed by atoms with Crippen molar-refractivity contribution in [2.45, 2.75) is 17.7 Å². The van der Waals surface area contributed by atoms with E-state index >= 15 is 0 Å². The number of hydrogen-bond donors (Lipinski definition) is 0. The number of pyridine rings is 2. The molecule has 1 aliphatic heterocycles. The molecule has 1 aromatic carbocycles. The first-order valence-corrected chi connectivity index (χ1v) is 9.81. The predicted octanol–water partition coefficient (Wildman–Crippen LogP) is 2.88. The third-order valence-corrected chi connectivity index (χ3v) is 6.62. The van der Waals surface area contributed by atoms with Gasteiger partial charge in [-0.2, -0.15) is 4.31 Å². The summed E-state index contributed by atoms with van der Waals surface area (Å²) >= 11 is 0. The number of sulfonamides is 1. The molecule has 0 saturated carbocycles. The molecule has 0 unspecified atom stereocenters. The van der Waals surface area contributed by atoms with Crippen molar-refractivity contribution in [3.05, 3.63) is 66.6 Å². The zero-order valence-electron chi connectivity index (χ0n) is 13.7. The molecule has 0 aliphatic carbocycles. The molecule has 1 aliphatic rings. The Labute approximate surface area is 147 Å². The maximum atomic E-state index is 12.7. The molecule has 0 spiro atoms. The van der Waals surface area contributed by atoms with Gasteiger partial charge >= 0.3 is 0 Å². The van der Waals surface area contributed by atoms with Crippen LogP contribution >= 0.6 is 0 Å². The summed E-state index contributed by atoms with van der Waals surface area (Å²) in [6, 6.07) is 13.4. The van der Waals surface area contributed by atoms with Crippen LogP contribution in [0, 0.1) is 5.92 Å². The molecule has 0 amide bonds. The van der Waals surface area contributed by atoms with E-state index < -0.39 is 10.0 Å². The smallest absolute Gasteiger partial charge is 0.244 e. The molecule has 0 radical (unpaired) electrons. The third kappa shape index (κ3) is 3.15. The van der Waals surface area contributed by atoms with Crippen LogP contribution in [0.3, 0.4) is 0 Å². The average molecular weight is 353 g/mol. The zero-order valence-corrected chi connectivity index (χ0v) is 14.6. The lowest BCUT2D eigenvalue weighted by Crippen LogP contribution is -2.29. The van der Waals surface area contributed by atoms with Crippen molar-refractivity contribution in [1.82, 2.24) is 14.3 Å². The Morgan fingerprint density at radius 2 is 1.96 bits per heavy atom. The Bertz CT molecular complexity index is 984. The lowest BCUT2D eigenvalue weighted by Gasteiger charge is -2.16. The zero-order chi connectivity index (χ0) is 17.3. The summed E-state index contributed by atoms with van der Waals surface area (Å²) in [6.07, 6.45) is 6.56. The van der Waals surface area contributed by atoms with Gasteiger partial charge in [0.25, 0.3) is 0 Å². The maximum absolute atomic E-state index is 12.7. The maximum Gasteiger partial charge on any atom is 0.244 e. The van der Waals surface area contributed by atoms with Crippen LogP contribution in [0.1, 0.15) is 12.0 Å². The fourth-order valence-electron chi connectivity index (χ4n) is 3.47. The molecule has 2 aromatic heterocycles. The Balaban J connectivity index is 1.53. The molecule has 5 nitrogen and oxygen atoms in total. The molecule has 3 heterocycles. The van der Waals surface area contributed by atoms with Gasteiger partial charge in [-0.1, -0.05) is 18.2 Å². The summed E-state index contributed by atoms with van der Waals surface area (Å²) < 4.78 is 27.0. The molecule has 1 saturated heterocycles. The highest BCUT2D eigenvalue weighted by Gasteiger charge is 2.32. The molecule has 25 heavy (non-hydrogen) atoms. The van der Waals surface area contributed by atoms with Crippen LogP contribution in [0.15, 0.2) is 66.0 Å². The van der Waals surface area contributed by atoms with E-state index in [0.29, 0.717) is 19.0 Å². The van der Waals surface area contributed by atoms with Gasteiger partial charge in [-0.15, -0.1) is 0 Å². The van der Waals surface area contributed by atoms with Crippen LogP contribution in [0.5, 0.6) is 0 Å². The first kappa shape index (κ1) is 16.2. The van der Waals surface area contributed by atoms with Crippen molar-refractivity contribution in [2.24, 2.45) is 5.92 Å². The van der Waals surface area contributed by atoms with E-state index in [9.17, 15) is 8.42 Å². The van der Waals surface area contributed by atoms with Crippen molar-refractivity contribution in [3.63, 3.8) is 0 Å². The standard InChI is InChI=1S/C19H19N3O2S/c23-25(24,17-4-3-9-20-13-17)22-11-8-15(14-22)12-16-7-10-21-19-6-2-1-5-18(16)19/h1-7,9-10,13,15H,8,11-12,14H2/t15-/m1/s1. The van der Waals surface area contributed by atoms with Gasteiger partial charge in [-0.25, -0.2) is 8.42 Å². The highest BCUT2D eigenvalue weighted by atomic mass is 32.2. The molecule has 1 atom stereocenters. The second kappa shape index (κ2) is 6.54. The number of fused-ring (bicyclic) bond motifs is 1. The van der Waals surface area contributed by atoms with Crippen molar-refractivity contribution in [3.8, 4) is 0 Å². The minimum atomic E-state index is -3.45. The van der Waals surface area contributed by atoms with E-state index in [4.69, 9.17) is 0 Å². The fourth-order valence-corrected chi connectivity index (χ4v) is 4.97. The quantitative estimate of drug-likeness (QED) is 0.723. The van der Waals surface area contributed by atoms with Crippen LogP contribution in [-0.4, -0.2) is 35.8 Å². The highest BCUT2D eigenvalue weighted by Crippen LogP contribution is 2.28. The van der Waals surface area contributed by atoms with Gasteiger partial charge in [0.2, 0.25) is 10.0 Å². The first-order chi connectivity index (χ1) is 12.1. The summed E-state index contributed by atoms with van der Waals surface area (Å²) in [7, 11) is -3.45. The number of nitrogens with zero attached hydrogens (tertiary/aromatic N) is 3. The summed E-state index contributed by atoms with van der Waals surface area (Å²) in [6.45, 7) is 1.11. The van der Waals surface area contributed by atoms with Crippen molar-refractivity contribution in [2.75, 3.05) is 13.1 Å². The number of benzene rings is 1. The monoisotopic (exact) mass is 353 g/mol. The minimum Gasteiger partial charge on any atom is -0.263 e. The van der Waals surface area contributed by atoms with Crippen molar-refractivity contribution in [1.29, 1.82) is 0 Å². The molecule has 0 N–H and O–H groups in total. The molecule has 128 valence electrons. The first-order valence-electron chi connectivity index (χ1n) is 8.37. The normalized spacial score (nSPS) is 18.6. The number of rotatable bonds is 4. The highest BCUT2D eigenvalue weighted by molar-refractivity contribution is 7.89. The van der Waals surface area contributed by atoms with Crippen molar-refractivity contribution < 1.29 is 8.42 Å². The Hall–Kier alpha value is -2.31. The second-order valence-corrected chi connectivity index (χ2v) is 8.34. The van der Waals surface area contributed by atoms with Crippen LogP contribution in [0.25, 0.3) is 10.9 Å². The van der Waals surface area contributed by atoms with Crippen LogP contribution in [0.4, 0.5) is 0 Å². The van der Waals surface area contributed by atoms with Crippen LogP contribution in [0.2, 0.25) is 0 Å². The van der Waals surface area contributed by atoms with Crippen molar-refractivity contribution >= 4 is 20.9 Å². The van der Waals surface area contributed by atoms with E-state index in [1.54, 1.807) is 22.6 Å². The van der Waals surface area contributed by atoms with Gasteiger partial charge in [0.15, 0.2) is 0 Å². The third-order valence-electron chi connectivity index (χ3n) is 4.77. The second-order valence-electron chi connectivity index (χ2n) is 6.40. The van der Waals surface area contributed by atoms with Gasteiger partial charge in [-0.3, -0.25) is 9.97 Å². The van der Waals surface area contributed by atoms with E-state index in [2.05, 4.69) is 16.0 Å². The van der Waals surface area contributed by atoms with Gasteiger partial charge < -0.3 is 0 Å². The SMILES string of the molecule is O=S(=O)(c1cccnc1)N1CC[C@H](Cc2ccnc3ccccc23)C1. The lowest BCUT2D eigenvalue weighted by atomic mass is 9.96. The summed E-state index contributed by atoms with van der Waals surface area (Å²) in [5, 5.41) is 1.15. The molecular formula is C19H19N3O2S. The van der Waals surface area contributed by atoms with E-state index in [-0.39, 0.29) is 4.90 Å². The fraction of sp³-hybridized carbons (Fsp3) is 0.263. The summed E-state index contributed by atoms with van der Waals surface area (Å²) in [4.78, 5) is 8.60. The van der Waals surface area contributed by atoms with Gasteiger partial charge in [0.1, 0.15) is 4.90 Å². The Morgan fingerprint density at radius 3 is 2.80 bits per heavy atom. The van der Waals surface area contributed by atoms with E-state index in [0.717, 1.165) is 23.7 Å². The topological polar surface area (TPSA) is 63.2 Å². The van der Waals surface area contributed by atoms with E-state index in [1.807, 2.05) is 30.5 Å². The van der Waals surface area contributed by atoms with Crippen LogP contribution < -0.4 is 0 Å². The minimum absolute atomic E-state index is 0.269. The number of hydrogen-bond acceptors (Lipinski definition) is 4. The average Bonchev–Trinajstić information content (AvgIpc) is 3.12. The molecule has 4 rings (SSSR count). The van der Waals surface area contributed by atoms with E-state index in [1.165, 1.54) is 11.8 Å². The van der Waals surface area contributed by atoms with Gasteiger partial charge in [-0.05, 0) is 48.6 Å². The van der Waals surface area contributed by atoms with Gasteiger partial charge in [0, 0.05) is 37.1 Å². The molecular weight excluding hydrogens is 334 g/mol. The molecule has 1 fully saturated rings. The summed E-state index contributed by atoms with van der Waals surface area (Å²) in [5.74, 6) is 0.317. The molecule has 3 aromatic rings.